The van der Waals surface area contributed by atoms with E-state index >= 15 is 0 Å². The van der Waals surface area contributed by atoms with E-state index in [-0.39, 0.29) is 5.69 Å². The molecule has 0 aromatic heterocycles. The Morgan fingerprint density at radius 1 is 1.33 bits per heavy atom. The van der Waals surface area contributed by atoms with E-state index in [0.29, 0.717) is 0 Å². The van der Waals surface area contributed by atoms with Crippen molar-refractivity contribution in [2.24, 2.45) is 5.73 Å². The number of halogens is 1. The van der Waals surface area contributed by atoms with Crippen molar-refractivity contribution in [1.29, 1.82) is 0 Å². The topological polar surface area (TPSA) is 125 Å². The lowest BCUT2D eigenvalue weighted by Crippen LogP contribution is -2.37. The van der Waals surface area contributed by atoms with Crippen LogP contribution >= 0.6 is 0 Å². The molecule has 8 heteroatoms. The Morgan fingerprint density at radius 2 is 2.00 bits per heavy atom. The number of benzene rings is 1. The molecule has 0 bridgehead atoms. The molecular formula is C10H10FN3O4. The number of primary amides is 1. The molecule has 0 aliphatic rings. The third-order valence-electron chi connectivity index (χ3n) is 1.81. The van der Waals surface area contributed by atoms with Gasteiger partial charge >= 0.3 is 12.0 Å². The number of carbonyl (C=O) groups is 3. The lowest BCUT2D eigenvalue weighted by molar-refractivity contribution is -0.123. The first kappa shape index (κ1) is 13.4. The van der Waals surface area contributed by atoms with Gasteiger partial charge in [-0.2, -0.15) is 0 Å². The Kier molecular flexibility index (Phi) is 4.19. The molecule has 0 saturated carbocycles. The maximum atomic E-state index is 13.2. The first-order valence-electron chi connectivity index (χ1n) is 4.71. The SMILES string of the molecule is NC(=O)NC(=O)COC(=O)c1cc(N)ccc1F. The van der Waals surface area contributed by atoms with Crippen LogP contribution in [0.5, 0.6) is 0 Å². The van der Waals surface area contributed by atoms with E-state index in [1.165, 1.54) is 6.07 Å². The lowest BCUT2D eigenvalue weighted by Gasteiger charge is -2.05. The van der Waals surface area contributed by atoms with Crippen LogP contribution in [0.15, 0.2) is 18.2 Å². The van der Waals surface area contributed by atoms with Gasteiger partial charge in [0.1, 0.15) is 5.82 Å². The summed E-state index contributed by atoms with van der Waals surface area (Å²) in [5, 5.41) is 1.68. The van der Waals surface area contributed by atoms with Crippen molar-refractivity contribution in [3.8, 4) is 0 Å². The number of nitrogens with one attached hydrogen (secondary N) is 1. The second-order valence-electron chi connectivity index (χ2n) is 3.23. The van der Waals surface area contributed by atoms with Gasteiger partial charge in [0.05, 0.1) is 5.56 Å². The van der Waals surface area contributed by atoms with Gasteiger partial charge < -0.3 is 16.2 Å². The number of hydrogen-bond donors (Lipinski definition) is 3. The molecule has 0 atom stereocenters. The third kappa shape index (κ3) is 3.74. The highest BCUT2D eigenvalue weighted by atomic mass is 19.1. The van der Waals surface area contributed by atoms with Crippen LogP contribution in [-0.2, 0) is 9.53 Å². The fourth-order valence-electron chi connectivity index (χ4n) is 1.08. The van der Waals surface area contributed by atoms with Crippen LogP contribution in [0.2, 0.25) is 0 Å². The van der Waals surface area contributed by atoms with E-state index < -0.39 is 35.9 Å². The van der Waals surface area contributed by atoms with Crippen LogP contribution in [0.25, 0.3) is 0 Å². The van der Waals surface area contributed by atoms with E-state index in [0.717, 1.165) is 12.1 Å². The number of rotatable bonds is 3. The van der Waals surface area contributed by atoms with Crippen LogP contribution in [-0.4, -0.2) is 24.5 Å². The monoisotopic (exact) mass is 255 g/mol. The summed E-state index contributed by atoms with van der Waals surface area (Å²) in [6, 6.07) is 2.26. The lowest BCUT2D eigenvalue weighted by atomic mass is 10.2. The van der Waals surface area contributed by atoms with E-state index in [2.05, 4.69) is 10.5 Å². The van der Waals surface area contributed by atoms with Crippen molar-refractivity contribution in [2.45, 2.75) is 0 Å². The van der Waals surface area contributed by atoms with E-state index in [1.807, 2.05) is 0 Å². The second kappa shape index (κ2) is 5.62. The van der Waals surface area contributed by atoms with Crippen molar-refractivity contribution in [1.82, 2.24) is 5.32 Å². The van der Waals surface area contributed by atoms with Gasteiger partial charge in [0.15, 0.2) is 6.61 Å². The first-order chi connectivity index (χ1) is 8.40. The molecule has 0 radical (unpaired) electrons. The minimum Gasteiger partial charge on any atom is -0.452 e. The highest BCUT2D eigenvalue weighted by Crippen LogP contribution is 2.13. The summed E-state index contributed by atoms with van der Waals surface area (Å²) in [5.41, 5.74) is 9.81. The van der Waals surface area contributed by atoms with Crippen molar-refractivity contribution < 1.29 is 23.5 Å². The molecular weight excluding hydrogens is 245 g/mol. The number of urea groups is 1. The Balaban J connectivity index is 2.63. The summed E-state index contributed by atoms with van der Waals surface area (Å²) in [6.45, 7) is -0.754. The van der Waals surface area contributed by atoms with Crippen LogP contribution in [0, 0.1) is 5.82 Å². The van der Waals surface area contributed by atoms with Crippen LogP contribution in [0.3, 0.4) is 0 Å². The fraction of sp³-hybridized carbons (Fsp3) is 0.100. The molecule has 0 saturated heterocycles. The molecule has 0 heterocycles. The maximum absolute atomic E-state index is 13.2. The number of hydrogen-bond acceptors (Lipinski definition) is 5. The first-order valence-corrected chi connectivity index (χ1v) is 4.71. The molecule has 1 aromatic carbocycles. The molecule has 0 unspecified atom stereocenters. The van der Waals surface area contributed by atoms with Gasteiger partial charge in [-0.05, 0) is 18.2 Å². The number of amides is 3. The molecule has 0 fully saturated rings. The zero-order valence-corrected chi connectivity index (χ0v) is 9.10. The van der Waals surface area contributed by atoms with Crippen LogP contribution < -0.4 is 16.8 Å². The highest BCUT2D eigenvalue weighted by molar-refractivity contribution is 5.96. The number of anilines is 1. The molecule has 0 spiro atoms. The molecule has 1 rings (SSSR count). The van der Waals surface area contributed by atoms with Gasteiger partial charge in [-0.1, -0.05) is 0 Å². The average molecular weight is 255 g/mol. The van der Waals surface area contributed by atoms with Gasteiger partial charge in [-0.25, -0.2) is 14.0 Å². The van der Waals surface area contributed by atoms with E-state index in [9.17, 15) is 18.8 Å². The average Bonchev–Trinajstić information content (AvgIpc) is 2.28. The Hall–Kier alpha value is -2.64. The summed E-state index contributed by atoms with van der Waals surface area (Å²) in [5.74, 6) is -2.82. The van der Waals surface area contributed by atoms with Crippen molar-refractivity contribution in [2.75, 3.05) is 12.3 Å². The van der Waals surface area contributed by atoms with Gasteiger partial charge in [-0.15, -0.1) is 0 Å². The minimum atomic E-state index is -1.08. The molecule has 0 aliphatic carbocycles. The molecule has 96 valence electrons. The summed E-state index contributed by atoms with van der Waals surface area (Å²) in [7, 11) is 0. The molecule has 3 amide bonds. The minimum absolute atomic E-state index is 0.171. The standard InChI is InChI=1S/C10H10FN3O4/c11-7-2-1-5(12)3-6(7)9(16)18-4-8(15)14-10(13)17/h1-3H,4,12H2,(H3,13,14,15,17). The van der Waals surface area contributed by atoms with Gasteiger partial charge in [0.25, 0.3) is 5.91 Å². The number of nitrogens with two attached hydrogens (primary N) is 2. The number of nitrogen functional groups attached to an aromatic ring is 1. The van der Waals surface area contributed by atoms with Crippen molar-refractivity contribution >= 4 is 23.6 Å². The van der Waals surface area contributed by atoms with Crippen molar-refractivity contribution in [3.63, 3.8) is 0 Å². The molecule has 0 aliphatic heterocycles. The number of ether oxygens (including phenoxy) is 1. The summed E-state index contributed by atoms with van der Waals surface area (Å²) >= 11 is 0. The van der Waals surface area contributed by atoms with Crippen LogP contribution in [0.4, 0.5) is 14.9 Å². The Morgan fingerprint density at radius 3 is 2.61 bits per heavy atom. The largest absolute Gasteiger partial charge is 0.452 e. The van der Waals surface area contributed by atoms with Gasteiger partial charge in [0.2, 0.25) is 0 Å². The van der Waals surface area contributed by atoms with Crippen molar-refractivity contribution in [3.05, 3.63) is 29.6 Å². The number of carbonyl (C=O) groups excluding carboxylic acids is 3. The van der Waals surface area contributed by atoms with Gasteiger partial charge in [-0.3, -0.25) is 10.1 Å². The Labute approximate surface area is 101 Å². The third-order valence-corrected chi connectivity index (χ3v) is 1.81. The quantitative estimate of drug-likeness (QED) is 0.507. The smallest absolute Gasteiger partial charge is 0.341 e. The van der Waals surface area contributed by atoms with Gasteiger partial charge in [0, 0.05) is 5.69 Å². The molecule has 18 heavy (non-hydrogen) atoms. The molecule has 7 nitrogen and oxygen atoms in total. The maximum Gasteiger partial charge on any atom is 0.341 e. The predicted molar refractivity (Wildman–Crippen MR) is 58.8 cm³/mol. The van der Waals surface area contributed by atoms with E-state index in [4.69, 9.17) is 5.73 Å². The number of esters is 1. The predicted octanol–water partition coefficient (Wildman–Crippen LogP) is -0.240. The normalized spacial score (nSPS) is 9.61. The highest BCUT2D eigenvalue weighted by Gasteiger charge is 2.15. The molecule has 1 aromatic rings. The summed E-state index contributed by atoms with van der Waals surface area (Å²) < 4.78 is 17.7. The van der Waals surface area contributed by atoms with Crippen LogP contribution in [0.1, 0.15) is 10.4 Å². The summed E-state index contributed by atoms with van der Waals surface area (Å²) in [4.78, 5) is 32.6. The zero-order valence-electron chi connectivity index (χ0n) is 9.10. The Bertz CT molecular complexity index is 504. The van der Waals surface area contributed by atoms with E-state index in [1.54, 1.807) is 5.32 Å². The molecule has 5 N–H and O–H groups in total. The second-order valence-corrected chi connectivity index (χ2v) is 3.23. The number of imide groups is 1. The zero-order chi connectivity index (χ0) is 13.7. The fourth-order valence-corrected chi connectivity index (χ4v) is 1.08. The summed E-state index contributed by atoms with van der Waals surface area (Å²) in [6.07, 6.45) is 0.